The minimum atomic E-state index is -3.76. The van der Waals surface area contributed by atoms with Gasteiger partial charge in [-0.25, -0.2) is 8.42 Å². The average Bonchev–Trinajstić information content (AvgIpc) is 2.79. The summed E-state index contributed by atoms with van der Waals surface area (Å²) in [5, 5.41) is 13.8. The summed E-state index contributed by atoms with van der Waals surface area (Å²) in [4.78, 5) is 23.4. The lowest BCUT2D eigenvalue weighted by Gasteiger charge is -2.30. The van der Waals surface area contributed by atoms with Gasteiger partial charge in [-0.1, -0.05) is 6.07 Å². The van der Waals surface area contributed by atoms with E-state index in [0.29, 0.717) is 35.6 Å². The maximum atomic E-state index is 13.0. The van der Waals surface area contributed by atoms with Crippen molar-refractivity contribution in [3.8, 4) is 11.5 Å². The molecular formula is C21H25N3O7S. The van der Waals surface area contributed by atoms with E-state index in [9.17, 15) is 23.3 Å². The van der Waals surface area contributed by atoms with E-state index in [-0.39, 0.29) is 29.6 Å². The Morgan fingerprint density at radius 2 is 1.78 bits per heavy atom. The van der Waals surface area contributed by atoms with Crippen molar-refractivity contribution in [3.05, 3.63) is 52.1 Å². The largest absolute Gasteiger partial charge is 0.493 e. The molecule has 2 aromatic carbocycles. The number of nitrogens with one attached hydrogen (secondary N) is 1. The summed E-state index contributed by atoms with van der Waals surface area (Å²) < 4.78 is 37.8. The summed E-state index contributed by atoms with van der Waals surface area (Å²) >= 11 is 0. The summed E-state index contributed by atoms with van der Waals surface area (Å²) in [6.45, 7) is 1.94. The molecule has 0 spiro atoms. The molecule has 10 nitrogen and oxygen atoms in total. The molecular weight excluding hydrogens is 438 g/mol. The molecule has 0 saturated carbocycles. The van der Waals surface area contributed by atoms with Gasteiger partial charge in [-0.2, -0.15) is 4.31 Å². The number of amides is 1. The lowest BCUT2D eigenvalue weighted by Crippen LogP contribution is -2.41. The van der Waals surface area contributed by atoms with E-state index in [0.717, 1.165) is 0 Å². The highest BCUT2D eigenvalue weighted by Crippen LogP contribution is 2.32. The predicted molar refractivity (Wildman–Crippen MR) is 117 cm³/mol. The van der Waals surface area contributed by atoms with Crippen LogP contribution in [0.2, 0.25) is 0 Å². The maximum Gasteiger partial charge on any atom is 0.274 e. The van der Waals surface area contributed by atoms with Gasteiger partial charge in [0.2, 0.25) is 15.9 Å². The maximum absolute atomic E-state index is 13.0. The minimum absolute atomic E-state index is 0.0707. The van der Waals surface area contributed by atoms with Crippen LogP contribution in [0.3, 0.4) is 0 Å². The van der Waals surface area contributed by atoms with Gasteiger partial charge in [-0.05, 0) is 38.0 Å². The third-order valence-corrected chi connectivity index (χ3v) is 7.47. The number of ether oxygens (including phenoxy) is 2. The fourth-order valence-corrected chi connectivity index (χ4v) is 5.16. The van der Waals surface area contributed by atoms with E-state index in [2.05, 4.69) is 5.32 Å². The van der Waals surface area contributed by atoms with E-state index >= 15 is 0 Å². The predicted octanol–water partition coefficient (Wildman–Crippen LogP) is 2.96. The molecule has 0 radical (unpaired) electrons. The van der Waals surface area contributed by atoms with Gasteiger partial charge < -0.3 is 14.8 Å². The van der Waals surface area contributed by atoms with E-state index in [1.54, 1.807) is 13.0 Å². The van der Waals surface area contributed by atoms with E-state index in [1.165, 1.54) is 48.9 Å². The van der Waals surface area contributed by atoms with Crippen LogP contribution < -0.4 is 14.8 Å². The molecule has 1 N–H and O–H groups in total. The summed E-state index contributed by atoms with van der Waals surface area (Å²) in [6, 6.07) is 8.91. The van der Waals surface area contributed by atoms with Gasteiger partial charge in [0.15, 0.2) is 11.5 Å². The van der Waals surface area contributed by atoms with Crippen molar-refractivity contribution in [2.75, 3.05) is 32.6 Å². The first-order valence-corrected chi connectivity index (χ1v) is 11.4. The number of methoxy groups -OCH3 is 2. The van der Waals surface area contributed by atoms with Crippen LogP contribution in [0.5, 0.6) is 11.5 Å². The van der Waals surface area contributed by atoms with E-state index < -0.39 is 20.9 Å². The molecule has 0 bridgehead atoms. The number of nitrogens with zero attached hydrogens (tertiary/aromatic N) is 2. The summed E-state index contributed by atoms with van der Waals surface area (Å²) in [5.74, 6) is 0.0655. The normalized spacial score (nSPS) is 15.2. The zero-order valence-corrected chi connectivity index (χ0v) is 18.8. The van der Waals surface area contributed by atoms with Gasteiger partial charge in [0.1, 0.15) is 0 Å². The van der Waals surface area contributed by atoms with Crippen molar-refractivity contribution in [2.45, 2.75) is 24.7 Å². The molecule has 1 amide bonds. The van der Waals surface area contributed by atoms with Gasteiger partial charge in [-0.15, -0.1) is 0 Å². The molecule has 1 fully saturated rings. The van der Waals surface area contributed by atoms with Crippen molar-refractivity contribution < 1.29 is 27.6 Å². The molecule has 0 aliphatic carbocycles. The molecule has 32 heavy (non-hydrogen) atoms. The Balaban J connectivity index is 1.68. The molecule has 11 heteroatoms. The second kappa shape index (κ2) is 9.53. The van der Waals surface area contributed by atoms with Gasteiger partial charge in [0.25, 0.3) is 5.69 Å². The third-order valence-electron chi connectivity index (χ3n) is 5.58. The molecule has 0 unspecified atom stereocenters. The van der Waals surface area contributed by atoms with E-state index in [1.807, 2.05) is 0 Å². The Morgan fingerprint density at radius 1 is 1.12 bits per heavy atom. The number of sulfonamides is 1. The smallest absolute Gasteiger partial charge is 0.274 e. The Hall–Kier alpha value is -3.18. The Morgan fingerprint density at radius 3 is 2.38 bits per heavy atom. The molecule has 1 aliphatic heterocycles. The summed E-state index contributed by atoms with van der Waals surface area (Å²) in [6.07, 6.45) is 0.679. The first-order chi connectivity index (χ1) is 15.2. The van der Waals surface area contributed by atoms with Crippen molar-refractivity contribution in [2.24, 2.45) is 5.92 Å². The molecule has 0 aromatic heterocycles. The van der Waals surface area contributed by atoms with Crippen LogP contribution in [0.15, 0.2) is 41.3 Å². The topological polar surface area (TPSA) is 128 Å². The number of nitro benzene ring substituents is 1. The van der Waals surface area contributed by atoms with Crippen LogP contribution >= 0.6 is 0 Å². The summed E-state index contributed by atoms with van der Waals surface area (Å²) in [7, 11) is -0.857. The average molecular weight is 464 g/mol. The third kappa shape index (κ3) is 4.68. The minimum Gasteiger partial charge on any atom is -0.493 e. The summed E-state index contributed by atoms with van der Waals surface area (Å²) in [5.41, 5.74) is 0.683. The number of piperidine rings is 1. The first-order valence-electron chi connectivity index (χ1n) is 9.96. The molecule has 172 valence electrons. The highest BCUT2D eigenvalue weighted by molar-refractivity contribution is 7.89. The van der Waals surface area contributed by atoms with Gasteiger partial charge in [0, 0.05) is 31.1 Å². The Bertz CT molecular complexity index is 1130. The van der Waals surface area contributed by atoms with Crippen LogP contribution in [-0.2, 0) is 14.8 Å². The SMILES string of the molecule is COc1ccc(S(=O)(=O)N2CCC(C(=O)Nc3cccc([N+](=O)[O-])c3C)CC2)cc1OC. The molecule has 0 atom stereocenters. The number of carbonyl (C=O) groups is 1. The quantitative estimate of drug-likeness (QED) is 0.494. The van der Waals surface area contributed by atoms with Crippen molar-refractivity contribution in [3.63, 3.8) is 0 Å². The number of carbonyl (C=O) groups excluding carboxylic acids is 1. The number of anilines is 1. The monoisotopic (exact) mass is 463 g/mol. The first kappa shape index (κ1) is 23.5. The van der Waals surface area contributed by atoms with Crippen LogP contribution in [-0.4, -0.2) is 50.9 Å². The van der Waals surface area contributed by atoms with Crippen LogP contribution in [0.1, 0.15) is 18.4 Å². The fraction of sp³-hybridized carbons (Fsp3) is 0.381. The van der Waals surface area contributed by atoms with Crippen LogP contribution in [0.25, 0.3) is 0 Å². The molecule has 3 rings (SSSR count). The van der Waals surface area contributed by atoms with Gasteiger partial charge >= 0.3 is 0 Å². The van der Waals surface area contributed by atoms with Crippen LogP contribution in [0, 0.1) is 23.0 Å². The lowest BCUT2D eigenvalue weighted by molar-refractivity contribution is -0.385. The number of hydrogen-bond acceptors (Lipinski definition) is 7. The lowest BCUT2D eigenvalue weighted by atomic mass is 9.97. The molecule has 1 heterocycles. The fourth-order valence-electron chi connectivity index (χ4n) is 3.68. The number of hydrogen-bond donors (Lipinski definition) is 1. The highest BCUT2D eigenvalue weighted by atomic mass is 32.2. The molecule has 1 saturated heterocycles. The van der Waals surface area contributed by atoms with Crippen molar-refractivity contribution >= 4 is 27.3 Å². The molecule has 2 aromatic rings. The zero-order valence-electron chi connectivity index (χ0n) is 18.0. The molecule has 1 aliphatic rings. The zero-order chi connectivity index (χ0) is 23.5. The highest BCUT2D eigenvalue weighted by Gasteiger charge is 2.33. The second-order valence-electron chi connectivity index (χ2n) is 7.39. The number of nitro groups is 1. The van der Waals surface area contributed by atoms with Crippen LogP contribution in [0.4, 0.5) is 11.4 Å². The van der Waals surface area contributed by atoms with Crippen molar-refractivity contribution in [1.82, 2.24) is 4.31 Å². The van der Waals surface area contributed by atoms with E-state index in [4.69, 9.17) is 9.47 Å². The number of rotatable bonds is 7. The van der Waals surface area contributed by atoms with Gasteiger partial charge in [-0.3, -0.25) is 14.9 Å². The Labute approximate surface area is 186 Å². The second-order valence-corrected chi connectivity index (χ2v) is 9.33. The van der Waals surface area contributed by atoms with Gasteiger partial charge in [0.05, 0.1) is 35.3 Å². The Kier molecular flexibility index (Phi) is 6.99. The van der Waals surface area contributed by atoms with Crippen molar-refractivity contribution in [1.29, 1.82) is 0 Å². The number of benzene rings is 2. The standard InChI is InChI=1S/C21H25N3O7S/c1-14-17(5-4-6-18(14)24(26)27)22-21(25)15-9-11-23(12-10-15)32(28,29)16-7-8-19(30-2)20(13-16)31-3/h4-8,13,15H,9-12H2,1-3H3,(H,22,25).